The van der Waals surface area contributed by atoms with E-state index in [4.69, 9.17) is 5.73 Å². The number of hydrogen-bond donors (Lipinski definition) is 1. The van der Waals surface area contributed by atoms with Crippen molar-refractivity contribution < 1.29 is 0 Å². The predicted octanol–water partition coefficient (Wildman–Crippen LogP) is 4.31. The summed E-state index contributed by atoms with van der Waals surface area (Å²) in [7, 11) is 0. The van der Waals surface area contributed by atoms with E-state index in [1.807, 2.05) is 0 Å². The second-order valence-electron chi connectivity index (χ2n) is 6.59. The molecule has 1 aliphatic rings. The van der Waals surface area contributed by atoms with E-state index in [-0.39, 0.29) is 0 Å². The van der Waals surface area contributed by atoms with Gasteiger partial charge in [-0.15, -0.1) is 0 Å². The minimum absolute atomic E-state index is 0.414. The van der Waals surface area contributed by atoms with E-state index < -0.39 is 0 Å². The molecule has 1 saturated carbocycles. The van der Waals surface area contributed by atoms with Crippen LogP contribution in [0.3, 0.4) is 0 Å². The standard InChI is InChI=1S/C15H31NS/c1-5-12-6-7-14(11-16)13(10-12)8-9-17-15(2,3)4/h12-14H,5-11,16H2,1-4H3. The summed E-state index contributed by atoms with van der Waals surface area (Å²) in [5, 5.41) is 0. The Kier molecular flexibility index (Phi) is 6.36. The van der Waals surface area contributed by atoms with Crippen molar-refractivity contribution in [3.8, 4) is 0 Å². The quantitative estimate of drug-likeness (QED) is 0.794. The largest absolute Gasteiger partial charge is 0.330 e. The molecule has 0 aromatic carbocycles. The van der Waals surface area contributed by atoms with E-state index in [1.165, 1.54) is 37.9 Å². The van der Waals surface area contributed by atoms with Crippen LogP contribution in [-0.2, 0) is 0 Å². The van der Waals surface area contributed by atoms with Crippen LogP contribution < -0.4 is 5.73 Å². The number of nitrogens with two attached hydrogens (primary N) is 1. The van der Waals surface area contributed by atoms with E-state index >= 15 is 0 Å². The summed E-state index contributed by atoms with van der Waals surface area (Å²) >= 11 is 2.11. The summed E-state index contributed by atoms with van der Waals surface area (Å²) in [6.07, 6.45) is 6.96. The van der Waals surface area contributed by atoms with Crippen LogP contribution in [0.4, 0.5) is 0 Å². The van der Waals surface area contributed by atoms with Crippen LogP contribution in [-0.4, -0.2) is 17.0 Å². The lowest BCUT2D eigenvalue weighted by atomic mass is 9.72. The third-order valence-electron chi connectivity index (χ3n) is 4.15. The number of thioether (sulfide) groups is 1. The van der Waals surface area contributed by atoms with Crippen molar-refractivity contribution in [2.45, 2.75) is 64.5 Å². The zero-order valence-corrected chi connectivity index (χ0v) is 13.0. The predicted molar refractivity (Wildman–Crippen MR) is 80.5 cm³/mol. The SMILES string of the molecule is CCC1CCC(CN)C(CCSC(C)(C)C)C1. The molecular formula is C15H31NS. The highest BCUT2D eigenvalue weighted by atomic mass is 32.2. The average molecular weight is 257 g/mol. The minimum atomic E-state index is 0.414. The Morgan fingerprint density at radius 2 is 1.88 bits per heavy atom. The van der Waals surface area contributed by atoms with Gasteiger partial charge in [-0.05, 0) is 49.3 Å². The van der Waals surface area contributed by atoms with E-state index in [9.17, 15) is 0 Å². The fraction of sp³-hybridized carbons (Fsp3) is 1.00. The fourth-order valence-corrected chi connectivity index (χ4v) is 4.01. The van der Waals surface area contributed by atoms with Crippen LogP contribution in [0.5, 0.6) is 0 Å². The van der Waals surface area contributed by atoms with Crippen molar-refractivity contribution in [1.82, 2.24) is 0 Å². The van der Waals surface area contributed by atoms with Crippen molar-refractivity contribution in [3.05, 3.63) is 0 Å². The molecule has 0 radical (unpaired) electrons. The van der Waals surface area contributed by atoms with E-state index in [0.29, 0.717) is 4.75 Å². The first-order valence-corrected chi connectivity index (χ1v) is 8.28. The summed E-state index contributed by atoms with van der Waals surface area (Å²) in [6.45, 7) is 10.2. The zero-order valence-electron chi connectivity index (χ0n) is 12.2. The molecular weight excluding hydrogens is 226 g/mol. The molecule has 17 heavy (non-hydrogen) atoms. The third kappa shape index (κ3) is 5.65. The van der Waals surface area contributed by atoms with Gasteiger partial charge in [-0.2, -0.15) is 11.8 Å². The number of rotatable bonds is 5. The highest BCUT2D eigenvalue weighted by molar-refractivity contribution is 8.00. The van der Waals surface area contributed by atoms with Gasteiger partial charge in [0.15, 0.2) is 0 Å². The normalized spacial score (nSPS) is 30.5. The van der Waals surface area contributed by atoms with Gasteiger partial charge in [0.25, 0.3) is 0 Å². The van der Waals surface area contributed by atoms with Gasteiger partial charge in [-0.3, -0.25) is 0 Å². The van der Waals surface area contributed by atoms with Gasteiger partial charge < -0.3 is 5.73 Å². The maximum Gasteiger partial charge on any atom is 0.00750 e. The van der Waals surface area contributed by atoms with E-state index in [1.54, 1.807) is 0 Å². The molecule has 0 aromatic rings. The molecule has 2 N–H and O–H groups in total. The minimum Gasteiger partial charge on any atom is -0.330 e. The van der Waals surface area contributed by atoms with Crippen LogP contribution in [0.1, 0.15) is 59.8 Å². The zero-order chi connectivity index (χ0) is 12.9. The smallest absolute Gasteiger partial charge is 0.00750 e. The summed E-state index contributed by atoms with van der Waals surface area (Å²) in [5.41, 5.74) is 5.93. The van der Waals surface area contributed by atoms with Crippen molar-refractivity contribution in [3.63, 3.8) is 0 Å². The molecule has 0 aliphatic heterocycles. The first-order chi connectivity index (χ1) is 7.96. The second kappa shape index (κ2) is 7.04. The fourth-order valence-electron chi connectivity index (χ4n) is 2.98. The van der Waals surface area contributed by atoms with Gasteiger partial charge >= 0.3 is 0 Å². The molecule has 0 amide bonds. The highest BCUT2D eigenvalue weighted by Crippen LogP contribution is 2.38. The highest BCUT2D eigenvalue weighted by Gasteiger charge is 2.28. The van der Waals surface area contributed by atoms with Gasteiger partial charge in [0.2, 0.25) is 0 Å². The Hall–Kier alpha value is 0.310. The molecule has 1 fully saturated rings. The molecule has 1 rings (SSSR count). The molecule has 0 bridgehead atoms. The Morgan fingerprint density at radius 3 is 2.41 bits per heavy atom. The molecule has 1 aliphatic carbocycles. The lowest BCUT2D eigenvalue weighted by Gasteiger charge is -2.36. The molecule has 0 saturated heterocycles. The molecule has 0 aromatic heterocycles. The van der Waals surface area contributed by atoms with Crippen molar-refractivity contribution in [2.24, 2.45) is 23.5 Å². The third-order valence-corrected chi connectivity index (χ3v) is 5.46. The monoisotopic (exact) mass is 257 g/mol. The van der Waals surface area contributed by atoms with Gasteiger partial charge in [0.05, 0.1) is 0 Å². The number of hydrogen-bond acceptors (Lipinski definition) is 2. The maximum atomic E-state index is 5.93. The Bertz CT molecular complexity index is 209. The van der Waals surface area contributed by atoms with Crippen LogP contribution in [0.15, 0.2) is 0 Å². The molecule has 3 unspecified atom stereocenters. The van der Waals surface area contributed by atoms with Crippen LogP contribution in [0.25, 0.3) is 0 Å². The topological polar surface area (TPSA) is 26.0 Å². The summed E-state index contributed by atoms with van der Waals surface area (Å²) in [5.74, 6) is 3.98. The molecule has 0 spiro atoms. The Labute approximate surface area is 112 Å². The Balaban J connectivity index is 2.36. The van der Waals surface area contributed by atoms with E-state index in [2.05, 4.69) is 39.5 Å². The first-order valence-electron chi connectivity index (χ1n) is 7.30. The van der Waals surface area contributed by atoms with Crippen molar-refractivity contribution in [2.75, 3.05) is 12.3 Å². The molecule has 0 heterocycles. The van der Waals surface area contributed by atoms with Crippen LogP contribution in [0, 0.1) is 17.8 Å². The van der Waals surface area contributed by atoms with Crippen molar-refractivity contribution in [1.29, 1.82) is 0 Å². The maximum absolute atomic E-state index is 5.93. The molecule has 3 atom stereocenters. The van der Waals surface area contributed by atoms with Gasteiger partial charge in [-0.25, -0.2) is 0 Å². The lowest BCUT2D eigenvalue weighted by Crippen LogP contribution is -2.31. The summed E-state index contributed by atoms with van der Waals surface area (Å²) in [6, 6.07) is 0. The Morgan fingerprint density at radius 1 is 1.18 bits per heavy atom. The van der Waals surface area contributed by atoms with E-state index in [0.717, 1.165) is 24.3 Å². The first kappa shape index (κ1) is 15.4. The van der Waals surface area contributed by atoms with Gasteiger partial charge in [0, 0.05) is 4.75 Å². The molecule has 1 nitrogen and oxygen atoms in total. The average Bonchev–Trinajstić information content (AvgIpc) is 2.27. The van der Waals surface area contributed by atoms with Crippen molar-refractivity contribution >= 4 is 11.8 Å². The van der Waals surface area contributed by atoms with Gasteiger partial charge in [-0.1, -0.05) is 40.5 Å². The molecule has 102 valence electrons. The summed E-state index contributed by atoms with van der Waals surface area (Å²) in [4.78, 5) is 0. The van der Waals surface area contributed by atoms with Gasteiger partial charge in [0.1, 0.15) is 0 Å². The van der Waals surface area contributed by atoms with Crippen LogP contribution in [0.2, 0.25) is 0 Å². The second-order valence-corrected chi connectivity index (χ2v) is 8.51. The lowest BCUT2D eigenvalue weighted by molar-refractivity contribution is 0.177. The summed E-state index contributed by atoms with van der Waals surface area (Å²) < 4.78 is 0.414. The van der Waals surface area contributed by atoms with Crippen LogP contribution >= 0.6 is 11.8 Å². The molecule has 2 heteroatoms.